The molecule has 0 aliphatic carbocycles. The first-order valence-electron chi connectivity index (χ1n) is 4.07. The van der Waals surface area contributed by atoms with E-state index < -0.39 is 17.7 Å². The van der Waals surface area contributed by atoms with E-state index in [-0.39, 0.29) is 23.0 Å². The minimum absolute atomic E-state index is 0. The fraction of sp³-hybridized carbons (Fsp3) is 0.200. The first-order chi connectivity index (χ1) is 6.57. The Morgan fingerprint density at radius 1 is 1.40 bits per heavy atom. The molecular weight excluding hydrogens is 243 g/mol. The molecule has 1 aromatic carbocycles. The number of nitrogens with two attached hydrogens (primary N) is 1. The second-order valence-corrected chi connectivity index (χ2v) is 3.27. The second kappa shape index (κ2) is 6.05. The van der Waals surface area contributed by atoms with Gasteiger partial charge in [0, 0.05) is 11.6 Å². The lowest BCUT2D eigenvalue weighted by Crippen LogP contribution is -2.12. The Morgan fingerprint density at radius 3 is 2.47 bits per heavy atom. The van der Waals surface area contributed by atoms with Gasteiger partial charge in [0.15, 0.2) is 0 Å². The average molecular weight is 254 g/mol. The van der Waals surface area contributed by atoms with E-state index in [9.17, 15) is 8.78 Å². The van der Waals surface area contributed by atoms with Crippen molar-refractivity contribution in [2.24, 2.45) is 5.73 Å². The smallest absolute Gasteiger partial charge is 0.142 e. The molecule has 0 fully saturated rings. The van der Waals surface area contributed by atoms with Gasteiger partial charge in [-0.1, -0.05) is 17.7 Å². The van der Waals surface area contributed by atoms with Crippen LogP contribution in [0.3, 0.4) is 0 Å². The molecule has 5 heteroatoms. The van der Waals surface area contributed by atoms with E-state index in [1.54, 1.807) is 0 Å². The molecule has 0 bridgehead atoms. The summed E-state index contributed by atoms with van der Waals surface area (Å²) in [6, 6.07) is 1.33. The van der Waals surface area contributed by atoms with Crippen LogP contribution in [-0.2, 0) is 0 Å². The molecule has 15 heavy (non-hydrogen) atoms. The Bertz CT molecular complexity index is 356. The molecule has 0 aliphatic rings. The molecule has 84 valence electrons. The van der Waals surface area contributed by atoms with Crippen molar-refractivity contribution in [1.82, 2.24) is 0 Å². The molecular formula is C10H11Cl2F2N. The van der Waals surface area contributed by atoms with Gasteiger partial charge in [-0.3, -0.25) is 0 Å². The Hall–Kier alpha value is -0.640. The number of rotatable bonds is 3. The van der Waals surface area contributed by atoms with Gasteiger partial charge in [-0.25, -0.2) is 8.78 Å². The average Bonchev–Trinajstić information content (AvgIpc) is 2.13. The highest BCUT2D eigenvalue weighted by Gasteiger charge is 2.17. The third-order valence-electron chi connectivity index (χ3n) is 1.87. The van der Waals surface area contributed by atoms with Crippen molar-refractivity contribution in [3.63, 3.8) is 0 Å². The summed E-state index contributed by atoms with van der Waals surface area (Å²) in [5.41, 5.74) is 5.62. The van der Waals surface area contributed by atoms with Gasteiger partial charge >= 0.3 is 0 Å². The van der Waals surface area contributed by atoms with Crippen LogP contribution in [0.5, 0.6) is 0 Å². The van der Waals surface area contributed by atoms with E-state index in [1.165, 1.54) is 6.08 Å². The quantitative estimate of drug-likeness (QED) is 0.647. The predicted molar refractivity (Wildman–Crippen MR) is 60.4 cm³/mol. The van der Waals surface area contributed by atoms with E-state index in [0.717, 1.165) is 12.1 Å². The van der Waals surface area contributed by atoms with Gasteiger partial charge in [0.25, 0.3) is 0 Å². The summed E-state index contributed by atoms with van der Waals surface area (Å²) in [6.45, 7) is 3.47. The number of hydrogen-bond acceptors (Lipinski definition) is 1. The molecule has 0 aromatic heterocycles. The molecule has 0 saturated heterocycles. The van der Waals surface area contributed by atoms with Gasteiger partial charge in [0.05, 0.1) is 5.02 Å². The second-order valence-electron chi connectivity index (χ2n) is 2.89. The van der Waals surface area contributed by atoms with Crippen molar-refractivity contribution in [1.29, 1.82) is 0 Å². The molecule has 1 nitrogen and oxygen atoms in total. The molecule has 0 saturated carbocycles. The van der Waals surface area contributed by atoms with Crippen molar-refractivity contribution in [2.75, 3.05) is 0 Å². The van der Waals surface area contributed by atoms with Gasteiger partial charge in [-0.2, -0.15) is 0 Å². The lowest BCUT2D eigenvalue weighted by atomic mass is 10.0. The molecule has 0 spiro atoms. The molecule has 0 aliphatic heterocycles. The fourth-order valence-corrected chi connectivity index (χ4v) is 1.47. The van der Waals surface area contributed by atoms with Crippen LogP contribution < -0.4 is 5.73 Å². The van der Waals surface area contributed by atoms with Crippen LogP contribution in [0.4, 0.5) is 8.78 Å². The van der Waals surface area contributed by atoms with Gasteiger partial charge in [-0.05, 0) is 18.6 Å². The Kier molecular flexibility index (Phi) is 5.80. The maximum absolute atomic E-state index is 13.2. The van der Waals surface area contributed by atoms with E-state index in [1.807, 2.05) is 0 Å². The summed E-state index contributed by atoms with van der Waals surface area (Å²) >= 11 is 5.60. The molecule has 1 atom stereocenters. The van der Waals surface area contributed by atoms with E-state index >= 15 is 0 Å². The minimum Gasteiger partial charge on any atom is -0.324 e. The van der Waals surface area contributed by atoms with Crippen molar-refractivity contribution in [2.45, 2.75) is 12.5 Å². The zero-order chi connectivity index (χ0) is 10.7. The van der Waals surface area contributed by atoms with Crippen molar-refractivity contribution in [3.05, 3.63) is 47.0 Å². The summed E-state index contributed by atoms with van der Waals surface area (Å²) in [7, 11) is 0. The van der Waals surface area contributed by atoms with Crippen LogP contribution in [0.1, 0.15) is 18.0 Å². The van der Waals surface area contributed by atoms with Crippen LogP contribution in [0.25, 0.3) is 0 Å². The van der Waals surface area contributed by atoms with Crippen molar-refractivity contribution in [3.8, 4) is 0 Å². The summed E-state index contributed by atoms with van der Waals surface area (Å²) in [6.07, 6.45) is 1.88. The molecule has 0 heterocycles. The van der Waals surface area contributed by atoms with Crippen LogP contribution in [0.15, 0.2) is 24.8 Å². The van der Waals surface area contributed by atoms with Crippen LogP contribution in [0, 0.1) is 11.6 Å². The zero-order valence-electron chi connectivity index (χ0n) is 7.84. The van der Waals surface area contributed by atoms with Crippen molar-refractivity contribution >= 4 is 24.0 Å². The van der Waals surface area contributed by atoms with Crippen LogP contribution >= 0.6 is 24.0 Å². The van der Waals surface area contributed by atoms with Gasteiger partial charge < -0.3 is 5.73 Å². The number of benzene rings is 1. The highest BCUT2D eigenvalue weighted by atomic mass is 35.5. The van der Waals surface area contributed by atoms with E-state index in [0.29, 0.717) is 6.42 Å². The van der Waals surface area contributed by atoms with Crippen LogP contribution in [0.2, 0.25) is 5.02 Å². The largest absolute Gasteiger partial charge is 0.324 e. The summed E-state index contributed by atoms with van der Waals surface area (Å²) in [5.74, 6) is -1.26. The van der Waals surface area contributed by atoms with Gasteiger partial charge in [-0.15, -0.1) is 19.0 Å². The normalized spacial score (nSPS) is 11.7. The van der Waals surface area contributed by atoms with Gasteiger partial charge in [0.1, 0.15) is 11.6 Å². The lowest BCUT2D eigenvalue weighted by molar-refractivity contribution is 0.564. The molecule has 1 rings (SSSR count). The molecule has 0 amide bonds. The predicted octanol–water partition coefficient (Wildman–Crippen LogP) is 3.62. The summed E-state index contributed by atoms with van der Waals surface area (Å²) < 4.78 is 26.2. The Balaban J connectivity index is 0.00000196. The highest BCUT2D eigenvalue weighted by molar-refractivity contribution is 6.31. The first kappa shape index (κ1) is 14.4. The zero-order valence-corrected chi connectivity index (χ0v) is 9.42. The monoisotopic (exact) mass is 253 g/mol. The third-order valence-corrected chi connectivity index (χ3v) is 2.25. The lowest BCUT2D eigenvalue weighted by Gasteiger charge is -2.12. The minimum atomic E-state index is -0.664. The fourth-order valence-electron chi connectivity index (χ4n) is 1.18. The summed E-state index contributed by atoms with van der Waals surface area (Å²) in [4.78, 5) is 0. The van der Waals surface area contributed by atoms with E-state index in [2.05, 4.69) is 6.58 Å². The molecule has 0 radical (unpaired) electrons. The topological polar surface area (TPSA) is 26.0 Å². The van der Waals surface area contributed by atoms with Crippen molar-refractivity contribution < 1.29 is 8.78 Å². The highest BCUT2D eigenvalue weighted by Crippen LogP contribution is 2.28. The standard InChI is InChI=1S/C10H10ClF2N.ClH/c1-2-3-8(14)9-6(12)4-5-7(13)10(9)11;/h2,4-5,8H,1,3,14H2;1H/t8-;/m1./s1. The molecule has 0 unspecified atom stereocenters. The maximum Gasteiger partial charge on any atom is 0.142 e. The first-order valence-corrected chi connectivity index (χ1v) is 4.45. The maximum atomic E-state index is 13.2. The Morgan fingerprint density at radius 2 is 1.93 bits per heavy atom. The van der Waals surface area contributed by atoms with Crippen LogP contribution in [-0.4, -0.2) is 0 Å². The molecule has 2 N–H and O–H groups in total. The van der Waals surface area contributed by atoms with E-state index in [4.69, 9.17) is 17.3 Å². The van der Waals surface area contributed by atoms with Gasteiger partial charge in [0.2, 0.25) is 0 Å². The SMILES string of the molecule is C=CC[C@@H](N)c1c(F)ccc(F)c1Cl.Cl. The third kappa shape index (κ3) is 3.16. The molecule has 1 aromatic rings. The number of hydrogen-bond donors (Lipinski definition) is 1. The summed E-state index contributed by atoms with van der Waals surface area (Å²) in [5, 5.41) is -0.251. The number of halogens is 4. The Labute approximate surface area is 98.3 Å².